The molecule has 1 N–H and O–H groups in total. The molecule has 35 heavy (non-hydrogen) atoms. The molecule has 1 fully saturated rings. The van der Waals surface area contributed by atoms with Crippen LogP contribution in [0.4, 0.5) is 27.5 Å². The average molecular weight is 621 g/mol. The van der Waals surface area contributed by atoms with Crippen molar-refractivity contribution in [3.05, 3.63) is 59.8 Å². The number of nitrogens with one attached hydrogen (secondary N) is 1. The zero-order chi connectivity index (χ0) is 24.7. The number of thioether (sulfide) groups is 1. The van der Waals surface area contributed by atoms with E-state index in [0.29, 0.717) is 23.8 Å². The van der Waals surface area contributed by atoms with Gasteiger partial charge in [-0.05, 0) is 83.8 Å². The Morgan fingerprint density at radius 2 is 2.06 bits per heavy atom. The van der Waals surface area contributed by atoms with Crippen molar-refractivity contribution in [3.63, 3.8) is 0 Å². The number of nitrogens with zero attached hydrogens (tertiary/aromatic N) is 6. The van der Waals surface area contributed by atoms with E-state index in [0.717, 1.165) is 51.8 Å². The van der Waals surface area contributed by atoms with E-state index in [1.54, 1.807) is 21.7 Å². The number of pyridine rings is 1. The third-order valence-electron chi connectivity index (χ3n) is 6.12. The molecule has 1 aliphatic carbocycles. The lowest BCUT2D eigenvalue weighted by atomic mass is 9.99. The largest absolute Gasteiger partial charge is 0.327 e. The van der Waals surface area contributed by atoms with Crippen molar-refractivity contribution in [2.45, 2.75) is 30.6 Å². The summed E-state index contributed by atoms with van der Waals surface area (Å²) >= 11 is 3.85. The zero-order valence-electron chi connectivity index (χ0n) is 19.9. The summed E-state index contributed by atoms with van der Waals surface area (Å²) < 4.78 is 18.8. The van der Waals surface area contributed by atoms with Crippen LogP contribution in [-0.2, 0) is 7.05 Å². The number of hydrogen-bond donors (Lipinski definition) is 1. The minimum Gasteiger partial charge on any atom is -0.327 e. The predicted octanol–water partition coefficient (Wildman–Crippen LogP) is 7.03. The van der Waals surface area contributed by atoms with Crippen LogP contribution in [0.25, 0.3) is 11.1 Å². The van der Waals surface area contributed by atoms with Crippen molar-refractivity contribution in [1.82, 2.24) is 24.3 Å². The maximum absolute atomic E-state index is 15.0. The molecule has 1 unspecified atom stereocenters. The first-order chi connectivity index (χ1) is 16.9. The van der Waals surface area contributed by atoms with Crippen LogP contribution in [0.2, 0.25) is 0 Å². The molecular weight excluding hydrogens is 595 g/mol. The molecule has 1 saturated carbocycles. The highest BCUT2D eigenvalue weighted by Gasteiger charge is 2.32. The third kappa shape index (κ3) is 5.06. The lowest BCUT2D eigenvalue weighted by Crippen LogP contribution is -2.15. The van der Waals surface area contributed by atoms with Gasteiger partial charge in [-0.15, -0.1) is 11.8 Å². The van der Waals surface area contributed by atoms with Crippen molar-refractivity contribution >= 4 is 63.3 Å². The average Bonchev–Trinajstić information content (AvgIpc) is 3.49. The van der Waals surface area contributed by atoms with Crippen molar-refractivity contribution in [1.29, 1.82) is 0 Å². The molecule has 1 aromatic carbocycles. The second kappa shape index (κ2) is 10.1. The van der Waals surface area contributed by atoms with Crippen LogP contribution in [0.5, 0.6) is 0 Å². The van der Waals surface area contributed by atoms with Gasteiger partial charge in [-0.25, -0.2) is 13.8 Å². The van der Waals surface area contributed by atoms with Crippen molar-refractivity contribution in [3.8, 4) is 11.1 Å². The second-order valence-electron chi connectivity index (χ2n) is 8.64. The Hall–Kier alpha value is -2.17. The molecule has 3 aromatic heterocycles. The van der Waals surface area contributed by atoms with Crippen LogP contribution < -0.4 is 10.2 Å². The summed E-state index contributed by atoms with van der Waals surface area (Å²) in [7, 11) is 3.76. The first kappa shape index (κ1) is 24.5. The van der Waals surface area contributed by atoms with Crippen molar-refractivity contribution in [2.75, 3.05) is 23.5 Å². The van der Waals surface area contributed by atoms with E-state index in [-0.39, 0.29) is 5.82 Å². The molecule has 11 heteroatoms. The van der Waals surface area contributed by atoms with Gasteiger partial charge in [-0.2, -0.15) is 10.2 Å². The first-order valence-corrected chi connectivity index (χ1v) is 16.5. The molecule has 4 aromatic rings. The van der Waals surface area contributed by atoms with Crippen LogP contribution in [0.1, 0.15) is 30.0 Å². The van der Waals surface area contributed by atoms with Crippen LogP contribution in [0, 0.1) is 12.7 Å². The maximum atomic E-state index is 15.0. The molecule has 3 heterocycles. The molecule has 182 valence electrons. The number of benzene rings is 1. The standard InChI is InChI=1S/C24H26FIN7PS/c1-14-9-21(30-33(14)34-26)28-24-23(15-5-6-15)18(16-12-27-31(2)13-16)11-22(29-24)32(3)20-8-7-17(35-4)10-19(20)25/h7-13,15,34H,5-6H2,1-4H3,(H,28,29,30). The molecule has 0 amide bonds. The van der Waals surface area contributed by atoms with Gasteiger partial charge < -0.3 is 10.2 Å². The monoisotopic (exact) mass is 621 g/mol. The van der Waals surface area contributed by atoms with E-state index < -0.39 is 0 Å². The normalized spacial score (nSPS) is 13.7. The third-order valence-corrected chi connectivity index (χ3v) is 8.83. The van der Waals surface area contributed by atoms with Gasteiger partial charge in [0, 0.05) is 48.1 Å². The number of halogens is 2. The summed E-state index contributed by atoms with van der Waals surface area (Å²) in [5, 5.41) is 12.6. The fourth-order valence-electron chi connectivity index (χ4n) is 4.15. The van der Waals surface area contributed by atoms with E-state index in [1.807, 2.05) is 62.3 Å². The topological polar surface area (TPSA) is 63.8 Å². The summed E-state index contributed by atoms with van der Waals surface area (Å²) in [5.41, 5.74) is 4.81. The van der Waals surface area contributed by atoms with Gasteiger partial charge >= 0.3 is 0 Å². The molecule has 1 atom stereocenters. The number of hydrogen-bond acceptors (Lipinski definition) is 6. The van der Waals surface area contributed by atoms with Gasteiger partial charge in [0.25, 0.3) is 0 Å². The highest BCUT2D eigenvalue weighted by atomic mass is 127. The van der Waals surface area contributed by atoms with Crippen LogP contribution >= 0.6 is 40.2 Å². The summed E-state index contributed by atoms with van der Waals surface area (Å²) in [5.74, 6) is 2.32. The van der Waals surface area contributed by atoms with E-state index in [4.69, 9.17) is 10.1 Å². The van der Waals surface area contributed by atoms with Crippen molar-refractivity contribution < 1.29 is 4.39 Å². The summed E-state index contributed by atoms with van der Waals surface area (Å²) in [6.45, 7) is 2.05. The van der Waals surface area contributed by atoms with Gasteiger partial charge in [0.15, 0.2) is 5.82 Å². The fourth-order valence-corrected chi connectivity index (χ4v) is 6.38. The van der Waals surface area contributed by atoms with Gasteiger partial charge in [0.2, 0.25) is 0 Å². The summed E-state index contributed by atoms with van der Waals surface area (Å²) in [6, 6.07) is 9.38. The first-order valence-electron chi connectivity index (χ1n) is 11.2. The molecule has 0 bridgehead atoms. The maximum Gasteiger partial charge on any atom is 0.154 e. The number of rotatable bonds is 8. The van der Waals surface area contributed by atoms with E-state index in [9.17, 15) is 0 Å². The number of aryl methyl sites for hydroxylation is 2. The molecule has 0 aliphatic heterocycles. The van der Waals surface area contributed by atoms with E-state index in [1.165, 1.54) is 11.8 Å². The highest BCUT2D eigenvalue weighted by Crippen LogP contribution is 2.49. The van der Waals surface area contributed by atoms with Crippen LogP contribution in [0.3, 0.4) is 0 Å². The minimum atomic E-state index is -0.276. The Balaban J connectivity index is 1.65. The lowest BCUT2D eigenvalue weighted by molar-refractivity contribution is 0.624. The van der Waals surface area contributed by atoms with Crippen LogP contribution in [-0.4, -0.2) is 37.6 Å². The zero-order valence-corrected chi connectivity index (χ0v) is 23.9. The predicted molar refractivity (Wildman–Crippen MR) is 153 cm³/mol. The molecule has 0 spiro atoms. The quantitative estimate of drug-likeness (QED) is 0.130. The molecule has 0 radical (unpaired) electrons. The second-order valence-corrected chi connectivity index (χ2v) is 11.6. The van der Waals surface area contributed by atoms with Crippen LogP contribution in [0.15, 0.2) is 47.6 Å². The minimum absolute atomic E-state index is 0.276. The Morgan fingerprint density at radius 1 is 1.26 bits per heavy atom. The summed E-state index contributed by atoms with van der Waals surface area (Å²) in [4.78, 5) is 7.70. The molecule has 0 saturated heterocycles. The molecule has 7 nitrogen and oxygen atoms in total. The van der Waals surface area contributed by atoms with Gasteiger partial charge in [0.1, 0.15) is 17.5 Å². The molecule has 1 aliphatic rings. The molecular formula is C24H26FIN7PS. The Labute approximate surface area is 223 Å². The van der Waals surface area contributed by atoms with Gasteiger partial charge in [-0.1, -0.05) is 0 Å². The Bertz CT molecular complexity index is 1380. The van der Waals surface area contributed by atoms with Gasteiger partial charge in [0.05, 0.1) is 18.3 Å². The Morgan fingerprint density at radius 3 is 2.66 bits per heavy atom. The van der Waals surface area contributed by atoms with Crippen molar-refractivity contribution in [2.24, 2.45) is 7.05 Å². The lowest BCUT2D eigenvalue weighted by Gasteiger charge is -2.23. The number of aromatic nitrogens is 5. The Kier molecular flexibility index (Phi) is 7.05. The molecule has 5 rings (SSSR count). The van der Waals surface area contributed by atoms with E-state index >= 15 is 4.39 Å². The SMILES string of the molecule is CSc1ccc(N(C)c2cc(-c3cnn(C)c3)c(C3CC3)c(Nc3cc(C)n(PI)n3)n2)c(F)c1. The highest BCUT2D eigenvalue weighted by molar-refractivity contribution is 14.2. The fraction of sp³-hybridized carbons (Fsp3) is 0.292. The van der Waals surface area contributed by atoms with E-state index in [2.05, 4.69) is 32.5 Å². The number of anilines is 4. The van der Waals surface area contributed by atoms with Gasteiger partial charge in [-0.3, -0.25) is 4.68 Å². The summed E-state index contributed by atoms with van der Waals surface area (Å²) in [6.07, 6.45) is 8.58. The smallest absolute Gasteiger partial charge is 0.154 e.